The molecule has 0 unspecified atom stereocenters. The van der Waals surface area contributed by atoms with E-state index in [0.717, 1.165) is 11.1 Å². The average molecular weight is 297 g/mol. The molecule has 2 aromatic rings. The van der Waals surface area contributed by atoms with Gasteiger partial charge in [0.2, 0.25) is 0 Å². The van der Waals surface area contributed by atoms with Gasteiger partial charge in [-0.15, -0.1) is 0 Å². The lowest BCUT2D eigenvalue weighted by molar-refractivity contribution is -0.139. The zero-order valence-corrected chi connectivity index (χ0v) is 12.5. The predicted octanol–water partition coefficient (Wildman–Crippen LogP) is 1.62. The summed E-state index contributed by atoms with van der Waals surface area (Å²) in [7, 11) is 0. The molecule has 0 spiro atoms. The van der Waals surface area contributed by atoms with Crippen molar-refractivity contribution in [1.82, 2.24) is 15.6 Å². The van der Waals surface area contributed by atoms with Gasteiger partial charge in [-0.05, 0) is 23.1 Å². The third kappa shape index (κ3) is 4.70. The molecule has 1 aromatic heterocycles. The fourth-order valence-corrected chi connectivity index (χ4v) is 1.99. The van der Waals surface area contributed by atoms with Crippen molar-refractivity contribution in [3.8, 4) is 0 Å². The number of pyridine rings is 1. The molecule has 114 valence electrons. The van der Waals surface area contributed by atoms with E-state index in [1.165, 1.54) is 0 Å². The van der Waals surface area contributed by atoms with Gasteiger partial charge in [0.05, 0.1) is 0 Å². The molecule has 5 nitrogen and oxygen atoms in total. The minimum atomic E-state index is -0.635. The van der Waals surface area contributed by atoms with Crippen molar-refractivity contribution in [3.63, 3.8) is 0 Å². The summed E-state index contributed by atoms with van der Waals surface area (Å²) in [6.07, 6.45) is 3.30. The van der Waals surface area contributed by atoms with E-state index in [0.29, 0.717) is 6.54 Å². The van der Waals surface area contributed by atoms with Crippen LogP contribution in [0.25, 0.3) is 0 Å². The fraction of sp³-hybridized carbons (Fsp3) is 0.235. The van der Waals surface area contributed by atoms with E-state index in [4.69, 9.17) is 0 Å². The largest absolute Gasteiger partial charge is 0.347 e. The Morgan fingerprint density at radius 3 is 2.45 bits per heavy atom. The maximum Gasteiger partial charge on any atom is 0.309 e. The van der Waals surface area contributed by atoms with Crippen LogP contribution in [0.1, 0.15) is 24.0 Å². The minimum Gasteiger partial charge on any atom is -0.347 e. The first-order chi connectivity index (χ1) is 10.7. The number of nitrogens with zero attached hydrogens (tertiary/aromatic N) is 1. The van der Waals surface area contributed by atoms with Crippen molar-refractivity contribution < 1.29 is 9.59 Å². The maximum absolute atomic E-state index is 11.8. The van der Waals surface area contributed by atoms with Crippen LogP contribution in [0, 0.1) is 0 Å². The monoisotopic (exact) mass is 297 g/mol. The molecular formula is C17H19N3O2. The maximum atomic E-state index is 11.8. The SMILES string of the molecule is C[C@H](CNC(=O)C(=O)NCc1cccnc1)c1ccccc1. The first kappa shape index (κ1) is 15.7. The molecular weight excluding hydrogens is 278 g/mol. The Morgan fingerprint density at radius 2 is 1.77 bits per heavy atom. The molecule has 0 aliphatic rings. The zero-order chi connectivity index (χ0) is 15.8. The molecule has 0 fully saturated rings. The Labute approximate surface area is 129 Å². The number of nitrogens with one attached hydrogen (secondary N) is 2. The molecule has 0 bridgehead atoms. The van der Waals surface area contributed by atoms with Gasteiger partial charge >= 0.3 is 11.8 Å². The summed E-state index contributed by atoms with van der Waals surface area (Å²) in [5.41, 5.74) is 1.97. The van der Waals surface area contributed by atoms with Gasteiger partial charge in [-0.1, -0.05) is 43.3 Å². The van der Waals surface area contributed by atoms with Crippen LogP contribution in [-0.4, -0.2) is 23.3 Å². The molecule has 0 saturated carbocycles. The fourth-order valence-electron chi connectivity index (χ4n) is 1.99. The standard InChI is InChI=1S/C17H19N3O2/c1-13(15-7-3-2-4-8-15)10-19-16(21)17(22)20-12-14-6-5-9-18-11-14/h2-9,11,13H,10,12H2,1H3,(H,19,21)(H,20,22)/t13-/m1/s1. The molecule has 0 aliphatic heterocycles. The second-order valence-corrected chi connectivity index (χ2v) is 5.07. The highest BCUT2D eigenvalue weighted by Crippen LogP contribution is 2.12. The number of amides is 2. The van der Waals surface area contributed by atoms with Gasteiger partial charge in [0, 0.05) is 25.5 Å². The van der Waals surface area contributed by atoms with Crippen molar-refractivity contribution in [3.05, 3.63) is 66.0 Å². The van der Waals surface area contributed by atoms with Gasteiger partial charge in [0.15, 0.2) is 0 Å². The van der Waals surface area contributed by atoms with Crippen LogP contribution < -0.4 is 10.6 Å². The molecule has 2 N–H and O–H groups in total. The Balaban J connectivity index is 1.76. The smallest absolute Gasteiger partial charge is 0.309 e. The summed E-state index contributed by atoms with van der Waals surface area (Å²) >= 11 is 0. The van der Waals surface area contributed by atoms with Crippen molar-refractivity contribution in [2.75, 3.05) is 6.54 Å². The number of carbonyl (C=O) groups is 2. The van der Waals surface area contributed by atoms with E-state index in [-0.39, 0.29) is 12.5 Å². The third-order valence-electron chi connectivity index (χ3n) is 3.32. The first-order valence-corrected chi connectivity index (χ1v) is 7.16. The summed E-state index contributed by atoms with van der Waals surface area (Å²) in [5, 5.41) is 5.22. The lowest BCUT2D eigenvalue weighted by atomic mass is 10.0. The Morgan fingerprint density at radius 1 is 1.05 bits per heavy atom. The van der Waals surface area contributed by atoms with E-state index in [9.17, 15) is 9.59 Å². The van der Waals surface area contributed by atoms with Crippen LogP contribution in [0.3, 0.4) is 0 Å². The Bertz CT molecular complexity index is 614. The van der Waals surface area contributed by atoms with Crippen LogP contribution in [0.15, 0.2) is 54.9 Å². The summed E-state index contributed by atoms with van der Waals surface area (Å²) in [5.74, 6) is -1.10. The summed E-state index contributed by atoms with van der Waals surface area (Å²) in [6, 6.07) is 13.5. The van der Waals surface area contributed by atoms with Gasteiger partial charge in [-0.25, -0.2) is 0 Å². The van der Waals surface area contributed by atoms with E-state index < -0.39 is 11.8 Å². The average Bonchev–Trinajstić information content (AvgIpc) is 2.58. The van der Waals surface area contributed by atoms with Crippen molar-refractivity contribution >= 4 is 11.8 Å². The highest BCUT2D eigenvalue weighted by Gasteiger charge is 2.14. The minimum absolute atomic E-state index is 0.149. The Kier molecular flexibility index (Phi) is 5.65. The van der Waals surface area contributed by atoms with Gasteiger partial charge in [0.25, 0.3) is 0 Å². The molecule has 0 radical (unpaired) electrons. The molecule has 2 rings (SSSR count). The third-order valence-corrected chi connectivity index (χ3v) is 3.32. The lowest BCUT2D eigenvalue weighted by Gasteiger charge is -2.13. The quantitative estimate of drug-likeness (QED) is 0.824. The van der Waals surface area contributed by atoms with Crippen molar-refractivity contribution in [2.45, 2.75) is 19.4 Å². The summed E-state index contributed by atoms with van der Waals surface area (Å²) in [4.78, 5) is 27.4. The number of hydrogen-bond acceptors (Lipinski definition) is 3. The van der Waals surface area contributed by atoms with Crippen LogP contribution in [0.2, 0.25) is 0 Å². The lowest BCUT2D eigenvalue weighted by Crippen LogP contribution is -2.40. The summed E-state index contributed by atoms with van der Waals surface area (Å²) < 4.78 is 0. The molecule has 1 aromatic carbocycles. The molecule has 1 atom stereocenters. The molecule has 1 heterocycles. The number of rotatable bonds is 5. The van der Waals surface area contributed by atoms with Crippen LogP contribution in [0.4, 0.5) is 0 Å². The summed E-state index contributed by atoms with van der Waals surface area (Å²) in [6.45, 7) is 2.71. The van der Waals surface area contributed by atoms with Crippen molar-refractivity contribution in [2.24, 2.45) is 0 Å². The highest BCUT2D eigenvalue weighted by atomic mass is 16.2. The Hall–Kier alpha value is -2.69. The number of aromatic nitrogens is 1. The molecule has 0 aliphatic carbocycles. The van der Waals surface area contributed by atoms with E-state index in [1.807, 2.05) is 43.3 Å². The van der Waals surface area contributed by atoms with Gasteiger partial charge in [-0.2, -0.15) is 0 Å². The second-order valence-electron chi connectivity index (χ2n) is 5.07. The molecule has 22 heavy (non-hydrogen) atoms. The van der Waals surface area contributed by atoms with E-state index in [1.54, 1.807) is 18.5 Å². The molecule has 5 heteroatoms. The topological polar surface area (TPSA) is 71.1 Å². The van der Waals surface area contributed by atoms with Crippen molar-refractivity contribution in [1.29, 1.82) is 0 Å². The number of benzene rings is 1. The highest BCUT2D eigenvalue weighted by molar-refractivity contribution is 6.35. The normalized spacial score (nSPS) is 11.5. The first-order valence-electron chi connectivity index (χ1n) is 7.16. The number of carbonyl (C=O) groups excluding carboxylic acids is 2. The van der Waals surface area contributed by atoms with Crippen LogP contribution >= 0.6 is 0 Å². The van der Waals surface area contributed by atoms with Crippen LogP contribution in [0.5, 0.6) is 0 Å². The predicted molar refractivity (Wildman–Crippen MR) is 84.0 cm³/mol. The van der Waals surface area contributed by atoms with Crippen LogP contribution in [-0.2, 0) is 16.1 Å². The molecule has 2 amide bonds. The number of hydrogen-bond donors (Lipinski definition) is 2. The van der Waals surface area contributed by atoms with E-state index in [2.05, 4.69) is 15.6 Å². The van der Waals surface area contributed by atoms with Gasteiger partial charge in [-0.3, -0.25) is 14.6 Å². The van der Waals surface area contributed by atoms with E-state index >= 15 is 0 Å². The zero-order valence-electron chi connectivity index (χ0n) is 12.5. The van der Waals surface area contributed by atoms with Gasteiger partial charge in [0.1, 0.15) is 0 Å². The second kappa shape index (κ2) is 7.93. The molecule has 0 saturated heterocycles. The van der Waals surface area contributed by atoms with Gasteiger partial charge < -0.3 is 10.6 Å².